The van der Waals surface area contributed by atoms with Crippen LogP contribution in [0.1, 0.15) is 25.1 Å². The summed E-state index contributed by atoms with van der Waals surface area (Å²) >= 11 is 0. The molecule has 0 bridgehead atoms. The lowest BCUT2D eigenvalue weighted by atomic mass is 10.2. The standard InChI is InChI=1S/C11H9F5N4/c1-2-4(17)5-3-20(19-18-5)11-9(15)7(13)6(12)8(14)10(11)16/h3-4H,2,17H2,1H3. The first kappa shape index (κ1) is 14.4. The first-order valence-electron chi connectivity index (χ1n) is 5.58. The van der Waals surface area contributed by atoms with Crippen molar-refractivity contribution >= 4 is 0 Å². The minimum Gasteiger partial charge on any atom is -0.323 e. The molecule has 0 amide bonds. The van der Waals surface area contributed by atoms with Gasteiger partial charge in [0.05, 0.1) is 17.9 Å². The molecule has 0 aliphatic heterocycles. The van der Waals surface area contributed by atoms with E-state index >= 15 is 0 Å². The minimum absolute atomic E-state index is 0.177. The van der Waals surface area contributed by atoms with E-state index in [0.717, 1.165) is 6.20 Å². The van der Waals surface area contributed by atoms with Crippen LogP contribution in [0.25, 0.3) is 5.69 Å². The quantitative estimate of drug-likeness (QED) is 0.537. The SMILES string of the molecule is CCC(N)c1cn(-c2c(F)c(F)c(F)c(F)c2F)nn1. The molecule has 1 heterocycles. The van der Waals surface area contributed by atoms with Crippen LogP contribution in [-0.2, 0) is 0 Å². The molecular formula is C11H9F5N4. The van der Waals surface area contributed by atoms with Gasteiger partial charge in [0.2, 0.25) is 5.82 Å². The number of nitrogens with two attached hydrogens (primary N) is 1. The third-order valence-electron chi connectivity index (χ3n) is 2.75. The molecule has 1 unspecified atom stereocenters. The molecule has 1 aromatic carbocycles. The summed E-state index contributed by atoms with van der Waals surface area (Å²) in [7, 11) is 0. The van der Waals surface area contributed by atoms with Gasteiger partial charge in [-0.15, -0.1) is 5.10 Å². The fourth-order valence-electron chi connectivity index (χ4n) is 1.56. The van der Waals surface area contributed by atoms with Gasteiger partial charge in [-0.2, -0.15) is 0 Å². The van der Waals surface area contributed by atoms with Gasteiger partial charge >= 0.3 is 0 Å². The third kappa shape index (κ3) is 2.13. The van der Waals surface area contributed by atoms with E-state index in [1.54, 1.807) is 6.92 Å². The second kappa shape index (κ2) is 5.16. The number of rotatable bonds is 3. The number of hydrogen-bond acceptors (Lipinski definition) is 3. The smallest absolute Gasteiger partial charge is 0.200 e. The van der Waals surface area contributed by atoms with E-state index in [9.17, 15) is 22.0 Å². The highest BCUT2D eigenvalue weighted by Crippen LogP contribution is 2.26. The van der Waals surface area contributed by atoms with Gasteiger partial charge < -0.3 is 5.73 Å². The van der Waals surface area contributed by atoms with E-state index in [0.29, 0.717) is 11.1 Å². The van der Waals surface area contributed by atoms with Crippen molar-refractivity contribution in [2.45, 2.75) is 19.4 Å². The highest BCUT2D eigenvalue weighted by Gasteiger charge is 2.27. The highest BCUT2D eigenvalue weighted by molar-refractivity contribution is 5.36. The highest BCUT2D eigenvalue weighted by atomic mass is 19.2. The normalized spacial score (nSPS) is 12.8. The zero-order valence-electron chi connectivity index (χ0n) is 10.2. The molecule has 108 valence electrons. The van der Waals surface area contributed by atoms with Gasteiger partial charge in [-0.3, -0.25) is 0 Å². The van der Waals surface area contributed by atoms with Crippen LogP contribution in [0.2, 0.25) is 0 Å². The summed E-state index contributed by atoms with van der Waals surface area (Å²) in [6.45, 7) is 1.74. The Kier molecular flexibility index (Phi) is 3.71. The first-order valence-corrected chi connectivity index (χ1v) is 5.58. The number of nitrogens with zero attached hydrogens (tertiary/aromatic N) is 3. The van der Waals surface area contributed by atoms with Crippen LogP contribution >= 0.6 is 0 Å². The Morgan fingerprint density at radius 3 is 2.05 bits per heavy atom. The fourth-order valence-corrected chi connectivity index (χ4v) is 1.56. The Hall–Kier alpha value is -2.03. The predicted molar refractivity (Wildman–Crippen MR) is 58.4 cm³/mol. The summed E-state index contributed by atoms with van der Waals surface area (Å²) in [5.74, 6) is -10.3. The minimum atomic E-state index is -2.23. The van der Waals surface area contributed by atoms with Crippen molar-refractivity contribution in [3.05, 3.63) is 41.0 Å². The number of aromatic nitrogens is 3. The Labute approximate surface area is 110 Å². The predicted octanol–water partition coefficient (Wildman–Crippen LogP) is 2.37. The summed E-state index contributed by atoms with van der Waals surface area (Å²) in [6.07, 6.45) is 1.49. The van der Waals surface area contributed by atoms with Gasteiger partial charge in [-0.1, -0.05) is 12.1 Å². The van der Waals surface area contributed by atoms with Crippen LogP contribution in [0.15, 0.2) is 6.20 Å². The maximum Gasteiger partial charge on any atom is 0.200 e. The lowest BCUT2D eigenvalue weighted by Crippen LogP contribution is -2.10. The first-order chi connectivity index (χ1) is 9.38. The Bertz CT molecular complexity index is 625. The molecule has 0 radical (unpaired) electrons. The van der Waals surface area contributed by atoms with Crippen molar-refractivity contribution in [2.24, 2.45) is 5.73 Å². The molecule has 0 saturated carbocycles. The van der Waals surface area contributed by atoms with Crippen molar-refractivity contribution < 1.29 is 22.0 Å². The average molecular weight is 292 g/mol. The van der Waals surface area contributed by atoms with Crippen LogP contribution in [-0.4, -0.2) is 15.0 Å². The molecule has 0 aliphatic carbocycles. The maximum absolute atomic E-state index is 13.5. The molecule has 0 saturated heterocycles. The molecule has 0 spiro atoms. The molecule has 4 nitrogen and oxygen atoms in total. The number of halogens is 5. The summed E-state index contributed by atoms with van der Waals surface area (Å²) in [6, 6.07) is -0.551. The third-order valence-corrected chi connectivity index (χ3v) is 2.75. The average Bonchev–Trinajstić information content (AvgIpc) is 2.92. The van der Waals surface area contributed by atoms with Crippen LogP contribution < -0.4 is 5.73 Å². The summed E-state index contributed by atoms with van der Waals surface area (Å²) < 4.78 is 66.6. The monoisotopic (exact) mass is 292 g/mol. The molecule has 2 rings (SSSR count). The topological polar surface area (TPSA) is 56.7 Å². The molecule has 0 aliphatic rings. The zero-order valence-corrected chi connectivity index (χ0v) is 10.2. The van der Waals surface area contributed by atoms with Crippen molar-refractivity contribution in [1.82, 2.24) is 15.0 Å². The molecule has 9 heteroatoms. The molecule has 20 heavy (non-hydrogen) atoms. The molecular weight excluding hydrogens is 283 g/mol. The molecule has 2 N–H and O–H groups in total. The van der Waals surface area contributed by atoms with Crippen LogP contribution in [0, 0.1) is 29.1 Å². The van der Waals surface area contributed by atoms with Crippen LogP contribution in [0.4, 0.5) is 22.0 Å². The van der Waals surface area contributed by atoms with Crippen molar-refractivity contribution in [3.63, 3.8) is 0 Å². The van der Waals surface area contributed by atoms with Crippen molar-refractivity contribution in [2.75, 3.05) is 0 Å². The largest absolute Gasteiger partial charge is 0.323 e. The summed E-state index contributed by atoms with van der Waals surface area (Å²) in [4.78, 5) is 0. The van der Waals surface area contributed by atoms with Gasteiger partial charge in [0, 0.05) is 0 Å². The Balaban J connectivity index is 2.61. The lowest BCUT2D eigenvalue weighted by molar-refractivity contribution is 0.373. The molecule has 1 aromatic heterocycles. The zero-order chi connectivity index (χ0) is 15.0. The van der Waals surface area contributed by atoms with Gasteiger partial charge in [-0.05, 0) is 6.42 Å². The second-order valence-corrected chi connectivity index (χ2v) is 4.02. The van der Waals surface area contributed by atoms with Gasteiger partial charge in [0.25, 0.3) is 0 Å². The Morgan fingerprint density at radius 2 is 1.55 bits per heavy atom. The van der Waals surface area contributed by atoms with Crippen molar-refractivity contribution in [1.29, 1.82) is 0 Å². The van der Waals surface area contributed by atoms with E-state index < -0.39 is 40.8 Å². The fraction of sp³-hybridized carbons (Fsp3) is 0.273. The van der Waals surface area contributed by atoms with E-state index in [-0.39, 0.29) is 5.69 Å². The molecule has 0 fully saturated rings. The Morgan fingerprint density at radius 1 is 1.05 bits per heavy atom. The van der Waals surface area contributed by atoms with Gasteiger partial charge in [0.1, 0.15) is 5.69 Å². The lowest BCUT2D eigenvalue weighted by Gasteiger charge is -2.07. The van der Waals surface area contributed by atoms with Crippen molar-refractivity contribution in [3.8, 4) is 5.69 Å². The number of benzene rings is 1. The van der Waals surface area contributed by atoms with Gasteiger partial charge in [-0.25, -0.2) is 26.6 Å². The molecule has 1 atom stereocenters. The van der Waals surface area contributed by atoms with Crippen LogP contribution in [0.5, 0.6) is 0 Å². The summed E-state index contributed by atoms with van der Waals surface area (Å²) in [5.41, 5.74) is 4.62. The maximum atomic E-state index is 13.5. The summed E-state index contributed by atoms with van der Waals surface area (Å²) in [5, 5.41) is 6.88. The number of hydrogen-bond donors (Lipinski definition) is 1. The molecule has 2 aromatic rings. The van der Waals surface area contributed by atoms with E-state index in [4.69, 9.17) is 5.73 Å². The van der Waals surface area contributed by atoms with Gasteiger partial charge in [0.15, 0.2) is 23.3 Å². The van der Waals surface area contributed by atoms with E-state index in [1.165, 1.54) is 0 Å². The second-order valence-electron chi connectivity index (χ2n) is 4.02. The van der Waals surface area contributed by atoms with E-state index in [2.05, 4.69) is 10.3 Å². The van der Waals surface area contributed by atoms with Crippen LogP contribution in [0.3, 0.4) is 0 Å². The van der Waals surface area contributed by atoms with E-state index in [1.807, 2.05) is 0 Å².